The number of amidine groups is 1. The summed E-state index contributed by atoms with van der Waals surface area (Å²) in [6.07, 6.45) is -2.00. The molecule has 0 saturated carbocycles. The number of hydrogen-bond acceptors (Lipinski definition) is 8. The quantitative estimate of drug-likeness (QED) is 0.414. The number of aliphatic hydroxyl groups excluding tert-OH is 3. The lowest BCUT2D eigenvalue weighted by molar-refractivity contribution is -0.0518. The van der Waals surface area contributed by atoms with Gasteiger partial charge in [-0.15, -0.1) is 0 Å². The van der Waals surface area contributed by atoms with Crippen molar-refractivity contribution >= 4 is 11.7 Å². The molecule has 0 aliphatic carbocycles. The van der Waals surface area contributed by atoms with E-state index in [1.54, 1.807) is 4.57 Å². The Bertz CT molecular complexity index is 531. The van der Waals surface area contributed by atoms with E-state index in [2.05, 4.69) is 15.3 Å². The lowest BCUT2D eigenvalue weighted by Gasteiger charge is -2.19. The molecule has 20 heavy (non-hydrogen) atoms. The summed E-state index contributed by atoms with van der Waals surface area (Å²) in [6, 6.07) is 0. The SMILES string of the molecule is NC1=NCNc2c(ncn2C2OC(CO)C(O)C2O)C1. The molecular weight excluding hydrogens is 266 g/mol. The number of aliphatic imine (C=N–C) groups is 1. The molecule has 1 aromatic rings. The fourth-order valence-electron chi connectivity index (χ4n) is 2.47. The van der Waals surface area contributed by atoms with Crippen molar-refractivity contribution in [1.29, 1.82) is 0 Å². The van der Waals surface area contributed by atoms with Gasteiger partial charge >= 0.3 is 0 Å². The molecule has 0 radical (unpaired) electrons. The molecule has 3 heterocycles. The van der Waals surface area contributed by atoms with Crippen LogP contribution in [0.5, 0.6) is 0 Å². The second-order valence-corrected chi connectivity index (χ2v) is 4.84. The number of nitrogens with zero attached hydrogens (tertiary/aromatic N) is 3. The predicted molar refractivity (Wildman–Crippen MR) is 69.1 cm³/mol. The van der Waals surface area contributed by atoms with Gasteiger partial charge in [0.25, 0.3) is 0 Å². The van der Waals surface area contributed by atoms with Crippen molar-refractivity contribution in [1.82, 2.24) is 9.55 Å². The minimum Gasteiger partial charge on any atom is -0.394 e. The number of nitrogens with two attached hydrogens (primary N) is 1. The molecule has 2 aliphatic rings. The van der Waals surface area contributed by atoms with Gasteiger partial charge in [-0.1, -0.05) is 0 Å². The standard InChI is InChI=1S/C11H17N5O4/c12-7-1-5-10(14-3-13-7)16(4-15-5)11-9(19)8(18)6(2-17)20-11/h4,6,8-9,11,14,17-19H,1-3H2,(H2,12,13). The molecule has 9 nitrogen and oxygen atoms in total. The lowest BCUT2D eigenvalue weighted by atomic mass is 10.1. The van der Waals surface area contributed by atoms with Gasteiger partial charge in [0.15, 0.2) is 6.23 Å². The monoisotopic (exact) mass is 283 g/mol. The van der Waals surface area contributed by atoms with Crippen LogP contribution < -0.4 is 11.1 Å². The van der Waals surface area contributed by atoms with Gasteiger partial charge in [0.05, 0.1) is 25.0 Å². The molecule has 1 aromatic heterocycles. The highest BCUT2D eigenvalue weighted by atomic mass is 16.6. The zero-order chi connectivity index (χ0) is 14.3. The number of aromatic nitrogens is 2. The van der Waals surface area contributed by atoms with Gasteiger partial charge in [-0.3, -0.25) is 9.56 Å². The third-order valence-corrected chi connectivity index (χ3v) is 3.54. The highest BCUT2D eigenvalue weighted by Crippen LogP contribution is 2.33. The van der Waals surface area contributed by atoms with Crippen LogP contribution in [0.25, 0.3) is 0 Å². The summed E-state index contributed by atoms with van der Waals surface area (Å²) in [5.74, 6) is 1.12. The summed E-state index contributed by atoms with van der Waals surface area (Å²) in [5.41, 5.74) is 6.41. The molecular formula is C11H17N5O4. The fourth-order valence-corrected chi connectivity index (χ4v) is 2.47. The van der Waals surface area contributed by atoms with Gasteiger partial charge in [0.2, 0.25) is 0 Å². The molecule has 4 atom stereocenters. The minimum absolute atomic E-state index is 0.305. The first-order chi connectivity index (χ1) is 9.61. The van der Waals surface area contributed by atoms with E-state index in [1.807, 2.05) is 0 Å². The average Bonchev–Trinajstić information content (AvgIpc) is 2.87. The maximum absolute atomic E-state index is 10.0. The number of nitrogens with one attached hydrogen (secondary N) is 1. The summed E-state index contributed by atoms with van der Waals surface area (Å²) in [7, 11) is 0. The fraction of sp³-hybridized carbons (Fsp3) is 0.636. The number of anilines is 1. The maximum atomic E-state index is 10.0. The molecule has 2 aliphatic heterocycles. The summed E-state index contributed by atoms with van der Waals surface area (Å²) in [6.45, 7) is -0.0611. The van der Waals surface area contributed by atoms with Gasteiger partial charge < -0.3 is 31.1 Å². The Labute approximate surface area is 114 Å². The van der Waals surface area contributed by atoms with Crippen LogP contribution in [0.3, 0.4) is 0 Å². The molecule has 4 unspecified atom stereocenters. The Hall–Kier alpha value is -1.68. The molecule has 3 rings (SSSR count). The van der Waals surface area contributed by atoms with Crippen LogP contribution >= 0.6 is 0 Å². The van der Waals surface area contributed by atoms with E-state index in [9.17, 15) is 10.2 Å². The van der Waals surface area contributed by atoms with Crippen molar-refractivity contribution in [2.45, 2.75) is 31.0 Å². The van der Waals surface area contributed by atoms with E-state index in [-0.39, 0.29) is 6.61 Å². The first-order valence-corrected chi connectivity index (χ1v) is 6.32. The molecule has 110 valence electrons. The van der Waals surface area contributed by atoms with Gasteiger partial charge in [-0.05, 0) is 0 Å². The summed E-state index contributed by atoms with van der Waals surface area (Å²) < 4.78 is 7.07. The molecule has 1 saturated heterocycles. The smallest absolute Gasteiger partial charge is 0.165 e. The van der Waals surface area contributed by atoms with Crippen molar-refractivity contribution in [2.75, 3.05) is 18.6 Å². The molecule has 0 amide bonds. The summed E-state index contributed by atoms with van der Waals surface area (Å²) in [4.78, 5) is 8.31. The number of imidazole rings is 1. The van der Waals surface area contributed by atoms with Crippen molar-refractivity contribution < 1.29 is 20.1 Å². The minimum atomic E-state index is -1.14. The van der Waals surface area contributed by atoms with Crippen molar-refractivity contribution in [3.05, 3.63) is 12.0 Å². The predicted octanol–water partition coefficient (Wildman–Crippen LogP) is -2.22. The van der Waals surface area contributed by atoms with E-state index in [1.165, 1.54) is 6.33 Å². The molecule has 0 aromatic carbocycles. The zero-order valence-electron chi connectivity index (χ0n) is 10.7. The van der Waals surface area contributed by atoms with E-state index in [0.29, 0.717) is 30.4 Å². The van der Waals surface area contributed by atoms with Crippen LogP contribution in [-0.2, 0) is 11.2 Å². The third-order valence-electron chi connectivity index (χ3n) is 3.54. The van der Waals surface area contributed by atoms with Gasteiger partial charge in [0.1, 0.15) is 36.6 Å². The van der Waals surface area contributed by atoms with E-state index >= 15 is 0 Å². The van der Waals surface area contributed by atoms with E-state index in [4.69, 9.17) is 15.6 Å². The normalized spacial score (nSPS) is 33.2. The van der Waals surface area contributed by atoms with Crippen LogP contribution in [0.1, 0.15) is 11.9 Å². The average molecular weight is 283 g/mol. The number of ether oxygens (including phenoxy) is 1. The molecule has 1 fully saturated rings. The highest BCUT2D eigenvalue weighted by Gasteiger charge is 2.44. The van der Waals surface area contributed by atoms with E-state index < -0.39 is 24.5 Å². The first kappa shape index (κ1) is 13.3. The first-order valence-electron chi connectivity index (χ1n) is 6.32. The Morgan fingerprint density at radius 1 is 1.45 bits per heavy atom. The Balaban J connectivity index is 1.90. The van der Waals surface area contributed by atoms with Crippen LogP contribution in [0.2, 0.25) is 0 Å². The van der Waals surface area contributed by atoms with Crippen molar-refractivity contribution in [2.24, 2.45) is 10.7 Å². The Morgan fingerprint density at radius 2 is 2.25 bits per heavy atom. The Morgan fingerprint density at radius 3 is 2.95 bits per heavy atom. The largest absolute Gasteiger partial charge is 0.394 e. The molecule has 0 spiro atoms. The molecule has 9 heteroatoms. The van der Waals surface area contributed by atoms with Crippen LogP contribution in [0.15, 0.2) is 11.3 Å². The van der Waals surface area contributed by atoms with Crippen molar-refractivity contribution in [3.8, 4) is 0 Å². The number of fused-ring (bicyclic) bond motifs is 1. The molecule has 6 N–H and O–H groups in total. The number of hydrogen-bond donors (Lipinski definition) is 5. The Kier molecular flexibility index (Phi) is 3.34. The van der Waals surface area contributed by atoms with Crippen molar-refractivity contribution in [3.63, 3.8) is 0 Å². The van der Waals surface area contributed by atoms with Gasteiger partial charge in [0, 0.05) is 0 Å². The van der Waals surface area contributed by atoms with Gasteiger partial charge in [-0.25, -0.2) is 4.98 Å². The summed E-state index contributed by atoms with van der Waals surface area (Å²) >= 11 is 0. The summed E-state index contributed by atoms with van der Waals surface area (Å²) in [5, 5.41) is 32.0. The number of aliphatic hydroxyl groups is 3. The van der Waals surface area contributed by atoms with E-state index in [0.717, 1.165) is 0 Å². The molecule has 0 bridgehead atoms. The number of rotatable bonds is 2. The second kappa shape index (κ2) is 5.02. The highest BCUT2D eigenvalue weighted by molar-refractivity contribution is 5.84. The lowest BCUT2D eigenvalue weighted by Crippen LogP contribution is -2.33. The van der Waals surface area contributed by atoms with Gasteiger partial charge in [-0.2, -0.15) is 0 Å². The maximum Gasteiger partial charge on any atom is 0.165 e. The topological polar surface area (TPSA) is 138 Å². The third kappa shape index (κ3) is 2.04. The van der Waals surface area contributed by atoms with Crippen LogP contribution in [0.4, 0.5) is 5.82 Å². The van der Waals surface area contributed by atoms with Crippen LogP contribution in [-0.4, -0.2) is 62.3 Å². The second-order valence-electron chi connectivity index (χ2n) is 4.84. The zero-order valence-corrected chi connectivity index (χ0v) is 10.7. The van der Waals surface area contributed by atoms with Crippen LogP contribution in [0, 0.1) is 0 Å².